The van der Waals surface area contributed by atoms with Gasteiger partial charge < -0.3 is 10.1 Å². The molecule has 4 aliphatic rings. The summed E-state index contributed by atoms with van der Waals surface area (Å²) in [5.74, 6) is -1.26. The van der Waals surface area contributed by atoms with Crippen molar-refractivity contribution in [2.24, 2.45) is 11.8 Å². The van der Waals surface area contributed by atoms with Crippen molar-refractivity contribution < 1.29 is 19.1 Å². The van der Waals surface area contributed by atoms with Crippen LogP contribution in [0, 0.1) is 11.8 Å². The Morgan fingerprint density at radius 3 is 2.59 bits per heavy atom. The minimum Gasteiger partial charge on any atom is -0.497 e. The van der Waals surface area contributed by atoms with Crippen molar-refractivity contribution in [1.82, 2.24) is 4.90 Å². The first-order valence-corrected chi connectivity index (χ1v) is 11.3. The van der Waals surface area contributed by atoms with Crippen LogP contribution in [0.15, 0.2) is 42.5 Å². The molecule has 0 aromatic heterocycles. The van der Waals surface area contributed by atoms with Gasteiger partial charge >= 0.3 is 0 Å². The second-order valence-corrected chi connectivity index (χ2v) is 9.03. The number of aryl methyl sites for hydroxylation is 1. The number of imide groups is 1. The van der Waals surface area contributed by atoms with Crippen molar-refractivity contribution in [3.8, 4) is 5.75 Å². The van der Waals surface area contributed by atoms with Gasteiger partial charge in [-0.15, -0.1) is 0 Å². The number of methoxy groups -OCH3 is 1. The van der Waals surface area contributed by atoms with Crippen LogP contribution in [0.1, 0.15) is 30.9 Å². The maximum Gasteiger partial charge on any atom is 0.250 e. The molecule has 4 heterocycles. The maximum absolute atomic E-state index is 13.9. The van der Waals surface area contributed by atoms with E-state index in [0.717, 1.165) is 36.1 Å². The maximum atomic E-state index is 13.9. The molecule has 3 amide bonds. The molecule has 3 fully saturated rings. The number of nitrogens with one attached hydrogen (secondary N) is 1. The van der Waals surface area contributed by atoms with Gasteiger partial charge in [0.05, 0.1) is 24.6 Å². The molecule has 4 atom stereocenters. The molecule has 6 rings (SSSR count). The lowest BCUT2D eigenvalue weighted by Gasteiger charge is -2.36. The predicted molar refractivity (Wildman–Crippen MR) is 118 cm³/mol. The van der Waals surface area contributed by atoms with E-state index in [1.54, 1.807) is 31.4 Å². The lowest BCUT2D eigenvalue weighted by atomic mass is 9.75. The highest BCUT2D eigenvalue weighted by molar-refractivity contribution is 6.26. The number of rotatable bonds is 3. The molecule has 32 heavy (non-hydrogen) atoms. The van der Waals surface area contributed by atoms with E-state index < -0.39 is 17.4 Å². The molecule has 7 nitrogen and oxygen atoms in total. The van der Waals surface area contributed by atoms with Gasteiger partial charge in [0.25, 0.3) is 0 Å². The molecule has 1 spiro atoms. The molecule has 2 aromatic carbocycles. The normalized spacial score (nSPS) is 30.6. The molecule has 1 N–H and O–H groups in total. The summed E-state index contributed by atoms with van der Waals surface area (Å²) in [6, 6.07) is 12.8. The van der Waals surface area contributed by atoms with E-state index in [2.05, 4.69) is 17.1 Å². The Morgan fingerprint density at radius 1 is 1.09 bits per heavy atom. The predicted octanol–water partition coefficient (Wildman–Crippen LogP) is 2.69. The fraction of sp³-hybridized carbons (Fsp3) is 0.400. The van der Waals surface area contributed by atoms with Crippen LogP contribution in [0.2, 0.25) is 0 Å². The molecule has 2 aromatic rings. The number of nitrogens with zero attached hydrogens (tertiary/aromatic N) is 2. The van der Waals surface area contributed by atoms with Crippen molar-refractivity contribution in [3.05, 3.63) is 53.6 Å². The number of ether oxygens (including phenoxy) is 1. The summed E-state index contributed by atoms with van der Waals surface area (Å²) < 4.78 is 5.22. The van der Waals surface area contributed by atoms with Crippen LogP contribution in [-0.4, -0.2) is 42.3 Å². The largest absolute Gasteiger partial charge is 0.497 e. The number of carbonyl (C=O) groups is 3. The van der Waals surface area contributed by atoms with Crippen molar-refractivity contribution in [1.29, 1.82) is 0 Å². The quantitative estimate of drug-likeness (QED) is 0.756. The Hall–Kier alpha value is -3.19. The van der Waals surface area contributed by atoms with Crippen molar-refractivity contribution in [2.75, 3.05) is 23.9 Å². The van der Waals surface area contributed by atoms with E-state index in [0.29, 0.717) is 18.0 Å². The smallest absolute Gasteiger partial charge is 0.250 e. The Kier molecular flexibility index (Phi) is 4.05. The van der Waals surface area contributed by atoms with E-state index in [1.165, 1.54) is 4.90 Å². The minimum absolute atomic E-state index is 0.110. The number of benzene rings is 2. The molecular formula is C25H25N3O4. The fourth-order valence-corrected chi connectivity index (χ4v) is 6.57. The number of hydrogen-bond donors (Lipinski definition) is 1. The summed E-state index contributed by atoms with van der Waals surface area (Å²) in [4.78, 5) is 44.8. The summed E-state index contributed by atoms with van der Waals surface area (Å²) in [7, 11) is 1.57. The standard InChI is InChI=1S/C25H25N3O4/c1-3-14-6-4-7-17-21(14)26-24(31)25(17)20-19(18-8-5-13-27(18)25)22(29)28(23(20)30)15-9-11-16(32-2)12-10-15/h4,6-7,9-12,18-20H,3,5,8,13H2,1-2H3,(H,26,31). The Labute approximate surface area is 186 Å². The number of hydrogen-bond acceptors (Lipinski definition) is 5. The van der Waals surface area contributed by atoms with Gasteiger partial charge in [0, 0.05) is 17.3 Å². The Morgan fingerprint density at radius 2 is 1.88 bits per heavy atom. The molecule has 3 saturated heterocycles. The molecule has 164 valence electrons. The first-order chi connectivity index (χ1) is 15.5. The van der Waals surface area contributed by atoms with Gasteiger partial charge in [-0.3, -0.25) is 19.3 Å². The van der Waals surface area contributed by atoms with Gasteiger partial charge in [-0.2, -0.15) is 0 Å². The number of carbonyl (C=O) groups excluding carboxylic acids is 3. The summed E-state index contributed by atoms with van der Waals surface area (Å²) in [6.45, 7) is 2.77. The molecular weight excluding hydrogens is 406 g/mol. The Bertz CT molecular complexity index is 1160. The van der Waals surface area contributed by atoms with Crippen molar-refractivity contribution >= 4 is 29.1 Å². The lowest BCUT2D eigenvalue weighted by Crippen LogP contribution is -2.54. The number of amides is 3. The number of anilines is 2. The van der Waals surface area contributed by atoms with Gasteiger partial charge in [0.2, 0.25) is 17.7 Å². The van der Waals surface area contributed by atoms with Gasteiger partial charge in [-0.25, -0.2) is 4.90 Å². The second-order valence-electron chi connectivity index (χ2n) is 9.03. The molecule has 0 bridgehead atoms. The average Bonchev–Trinajstić information content (AvgIpc) is 3.52. The second kappa shape index (κ2) is 6.65. The van der Waals surface area contributed by atoms with Gasteiger partial charge in [0.15, 0.2) is 0 Å². The van der Waals surface area contributed by atoms with E-state index in [1.807, 2.05) is 18.2 Å². The topological polar surface area (TPSA) is 79.0 Å². The van der Waals surface area contributed by atoms with E-state index >= 15 is 0 Å². The highest BCUT2D eigenvalue weighted by atomic mass is 16.5. The summed E-state index contributed by atoms with van der Waals surface area (Å²) in [5.41, 5.74) is 2.11. The highest BCUT2D eigenvalue weighted by Gasteiger charge is 2.74. The summed E-state index contributed by atoms with van der Waals surface area (Å²) >= 11 is 0. The van der Waals surface area contributed by atoms with Crippen LogP contribution in [0.25, 0.3) is 0 Å². The first-order valence-electron chi connectivity index (χ1n) is 11.3. The SMILES string of the molecule is CCc1cccc2c1NC(=O)C21C2C(=O)N(c3ccc(OC)cc3)C(=O)C2C2CCCN21. The van der Waals surface area contributed by atoms with Crippen LogP contribution >= 0.6 is 0 Å². The minimum atomic E-state index is -1.12. The van der Waals surface area contributed by atoms with Crippen molar-refractivity contribution in [2.45, 2.75) is 37.8 Å². The fourth-order valence-electron chi connectivity index (χ4n) is 6.57. The lowest BCUT2D eigenvalue weighted by molar-refractivity contribution is -0.135. The van der Waals surface area contributed by atoms with Crippen LogP contribution in [0.5, 0.6) is 5.75 Å². The molecule has 7 heteroatoms. The van der Waals surface area contributed by atoms with Crippen LogP contribution in [0.3, 0.4) is 0 Å². The van der Waals surface area contributed by atoms with E-state index in [4.69, 9.17) is 4.74 Å². The number of fused-ring (bicyclic) bond motifs is 7. The zero-order valence-corrected chi connectivity index (χ0v) is 18.1. The molecule has 0 radical (unpaired) electrons. The third kappa shape index (κ3) is 2.17. The van der Waals surface area contributed by atoms with Crippen LogP contribution < -0.4 is 15.0 Å². The third-order valence-corrected chi connectivity index (χ3v) is 7.83. The van der Waals surface area contributed by atoms with Gasteiger partial charge in [0.1, 0.15) is 11.3 Å². The zero-order valence-electron chi connectivity index (χ0n) is 18.1. The van der Waals surface area contributed by atoms with E-state index in [9.17, 15) is 14.4 Å². The van der Waals surface area contributed by atoms with E-state index in [-0.39, 0.29) is 23.8 Å². The molecule has 0 saturated carbocycles. The Balaban J connectivity index is 1.53. The zero-order chi connectivity index (χ0) is 22.2. The average molecular weight is 431 g/mol. The summed E-state index contributed by atoms with van der Waals surface area (Å²) in [6.07, 6.45) is 2.51. The first kappa shape index (κ1) is 19.5. The van der Waals surface area contributed by atoms with Gasteiger partial charge in [-0.1, -0.05) is 25.1 Å². The van der Waals surface area contributed by atoms with Crippen molar-refractivity contribution in [3.63, 3.8) is 0 Å². The summed E-state index contributed by atoms with van der Waals surface area (Å²) in [5, 5.41) is 3.10. The highest BCUT2D eigenvalue weighted by Crippen LogP contribution is 2.61. The van der Waals surface area contributed by atoms with Crippen LogP contribution in [-0.2, 0) is 26.3 Å². The monoisotopic (exact) mass is 431 g/mol. The van der Waals surface area contributed by atoms with Gasteiger partial charge in [-0.05, 0) is 55.6 Å². The molecule has 4 unspecified atom stereocenters. The third-order valence-electron chi connectivity index (χ3n) is 7.83. The number of para-hydroxylation sites is 1. The molecule has 0 aliphatic carbocycles. The van der Waals surface area contributed by atoms with Crippen LogP contribution in [0.4, 0.5) is 11.4 Å². The molecule has 4 aliphatic heterocycles.